The molecule has 1 aliphatic heterocycles. The molecule has 156 valence electrons. The standard InChI is InChI=1S/C22H26ClNO5/c1-4-28-22(27)16-12-24-18(13(2)3)8-14-9-21(29-7-5-6-25)17(23)10-15(14)19(24)11-20(16)26/h9-13,18,25H,4-8H2,1-3H3. The van der Waals surface area contributed by atoms with Crippen molar-refractivity contribution >= 4 is 17.6 Å². The Hall–Kier alpha value is -2.31. The zero-order chi connectivity index (χ0) is 21.1. The van der Waals surface area contributed by atoms with Crippen LogP contribution < -0.4 is 10.2 Å². The molecule has 1 aromatic carbocycles. The molecule has 1 N–H and O–H groups in total. The van der Waals surface area contributed by atoms with Gasteiger partial charge in [0.2, 0.25) is 0 Å². The third-order valence-electron chi connectivity index (χ3n) is 5.12. The largest absolute Gasteiger partial charge is 0.492 e. The van der Waals surface area contributed by atoms with Gasteiger partial charge in [-0.2, -0.15) is 0 Å². The van der Waals surface area contributed by atoms with Crippen molar-refractivity contribution in [1.82, 2.24) is 4.57 Å². The normalized spacial score (nSPS) is 15.0. The molecule has 1 atom stereocenters. The van der Waals surface area contributed by atoms with Crippen molar-refractivity contribution in [1.29, 1.82) is 0 Å². The van der Waals surface area contributed by atoms with Gasteiger partial charge >= 0.3 is 5.97 Å². The summed E-state index contributed by atoms with van der Waals surface area (Å²) in [6, 6.07) is 5.27. The Balaban J connectivity index is 2.11. The highest BCUT2D eigenvalue weighted by atomic mass is 35.5. The fraction of sp³-hybridized carbons (Fsp3) is 0.455. The zero-order valence-corrected chi connectivity index (χ0v) is 17.7. The molecule has 0 fully saturated rings. The van der Waals surface area contributed by atoms with Gasteiger partial charge in [0.05, 0.1) is 23.9 Å². The molecule has 1 unspecified atom stereocenters. The molecule has 2 aromatic rings. The van der Waals surface area contributed by atoms with Gasteiger partial charge in [-0.3, -0.25) is 4.79 Å². The van der Waals surface area contributed by atoms with E-state index in [0.29, 0.717) is 23.8 Å². The van der Waals surface area contributed by atoms with E-state index in [2.05, 4.69) is 13.8 Å². The summed E-state index contributed by atoms with van der Waals surface area (Å²) in [5, 5.41) is 9.40. The van der Waals surface area contributed by atoms with Crippen molar-refractivity contribution in [2.75, 3.05) is 19.8 Å². The number of esters is 1. The van der Waals surface area contributed by atoms with Crippen LogP contribution in [0.2, 0.25) is 5.02 Å². The van der Waals surface area contributed by atoms with Crippen LogP contribution in [0.4, 0.5) is 0 Å². The first-order valence-corrected chi connectivity index (χ1v) is 10.2. The van der Waals surface area contributed by atoms with E-state index >= 15 is 0 Å². The van der Waals surface area contributed by atoms with Gasteiger partial charge in [-0.1, -0.05) is 25.4 Å². The molecule has 7 heteroatoms. The second-order valence-electron chi connectivity index (χ2n) is 7.45. The topological polar surface area (TPSA) is 77.8 Å². The molecule has 0 saturated heterocycles. The number of aliphatic hydroxyl groups is 1. The van der Waals surface area contributed by atoms with Crippen molar-refractivity contribution in [2.24, 2.45) is 5.92 Å². The number of aromatic nitrogens is 1. The first-order chi connectivity index (χ1) is 13.9. The summed E-state index contributed by atoms with van der Waals surface area (Å²) in [5.41, 5.74) is 2.29. The SMILES string of the molecule is CCOC(=O)c1cn2c(cc1=O)-c1cc(Cl)c(OCCCO)cc1CC2C(C)C. The number of carbonyl (C=O) groups is 1. The van der Waals surface area contributed by atoms with Gasteiger partial charge in [0.25, 0.3) is 0 Å². The first kappa shape index (κ1) is 21.4. The minimum atomic E-state index is -0.605. The fourth-order valence-electron chi connectivity index (χ4n) is 3.64. The Morgan fingerprint density at radius 3 is 2.76 bits per heavy atom. The average molecular weight is 420 g/mol. The maximum Gasteiger partial charge on any atom is 0.343 e. The van der Waals surface area contributed by atoms with E-state index in [-0.39, 0.29) is 36.2 Å². The molecule has 0 radical (unpaired) electrons. The summed E-state index contributed by atoms with van der Waals surface area (Å²) in [5.74, 6) is 0.237. The maximum absolute atomic E-state index is 12.6. The van der Waals surface area contributed by atoms with E-state index in [1.807, 2.05) is 10.6 Å². The molecular weight excluding hydrogens is 394 g/mol. The predicted octanol–water partition coefficient (Wildman–Crippen LogP) is 3.86. The predicted molar refractivity (Wildman–Crippen MR) is 112 cm³/mol. The van der Waals surface area contributed by atoms with Crippen LogP contribution in [0.15, 0.2) is 29.2 Å². The number of benzene rings is 1. The average Bonchev–Trinajstić information content (AvgIpc) is 2.68. The van der Waals surface area contributed by atoms with Crippen LogP contribution in [-0.4, -0.2) is 35.5 Å². The van der Waals surface area contributed by atoms with Gasteiger partial charge < -0.3 is 19.1 Å². The third-order valence-corrected chi connectivity index (χ3v) is 5.42. The number of carbonyl (C=O) groups excluding carboxylic acids is 1. The third kappa shape index (κ3) is 4.33. The number of hydrogen-bond donors (Lipinski definition) is 1. The molecule has 3 rings (SSSR count). The van der Waals surface area contributed by atoms with Crippen LogP contribution in [-0.2, 0) is 11.2 Å². The van der Waals surface area contributed by atoms with Crippen molar-refractivity contribution in [2.45, 2.75) is 39.7 Å². The number of rotatable bonds is 7. The monoisotopic (exact) mass is 419 g/mol. The fourth-order valence-corrected chi connectivity index (χ4v) is 3.86. The van der Waals surface area contributed by atoms with Gasteiger partial charge in [-0.15, -0.1) is 0 Å². The van der Waals surface area contributed by atoms with Crippen molar-refractivity contribution in [3.8, 4) is 17.0 Å². The van der Waals surface area contributed by atoms with Crippen LogP contribution in [0.5, 0.6) is 5.75 Å². The Morgan fingerprint density at radius 1 is 1.34 bits per heavy atom. The van der Waals surface area contributed by atoms with Crippen LogP contribution >= 0.6 is 11.6 Å². The van der Waals surface area contributed by atoms with Crippen LogP contribution in [0.25, 0.3) is 11.3 Å². The minimum Gasteiger partial charge on any atom is -0.492 e. The Kier molecular flexibility index (Phi) is 6.65. The molecule has 0 bridgehead atoms. The summed E-state index contributed by atoms with van der Waals surface area (Å²) in [4.78, 5) is 24.8. The van der Waals surface area contributed by atoms with E-state index < -0.39 is 5.97 Å². The number of pyridine rings is 1. The quantitative estimate of drug-likeness (QED) is 0.544. The molecule has 1 aromatic heterocycles. The Labute approximate surface area is 175 Å². The molecule has 0 aliphatic carbocycles. The number of hydrogen-bond acceptors (Lipinski definition) is 5. The van der Waals surface area contributed by atoms with E-state index in [4.69, 9.17) is 26.2 Å². The van der Waals surface area contributed by atoms with E-state index in [9.17, 15) is 9.59 Å². The number of ether oxygens (including phenoxy) is 2. The Morgan fingerprint density at radius 2 is 2.10 bits per heavy atom. The van der Waals surface area contributed by atoms with Gasteiger partial charge in [0, 0.05) is 36.9 Å². The van der Waals surface area contributed by atoms with Crippen LogP contribution in [0, 0.1) is 5.92 Å². The van der Waals surface area contributed by atoms with E-state index in [0.717, 1.165) is 23.2 Å². The molecule has 6 nitrogen and oxygen atoms in total. The smallest absolute Gasteiger partial charge is 0.343 e. The lowest BCUT2D eigenvalue weighted by Crippen LogP contribution is -2.28. The summed E-state index contributed by atoms with van der Waals surface area (Å²) in [6.07, 6.45) is 2.86. The van der Waals surface area contributed by atoms with E-state index in [1.165, 1.54) is 6.07 Å². The lowest BCUT2D eigenvalue weighted by molar-refractivity contribution is 0.0523. The summed E-state index contributed by atoms with van der Waals surface area (Å²) >= 11 is 6.42. The maximum atomic E-state index is 12.6. The molecule has 1 aliphatic rings. The molecule has 0 amide bonds. The van der Waals surface area contributed by atoms with Crippen molar-refractivity contribution in [3.05, 3.63) is 50.8 Å². The van der Waals surface area contributed by atoms with Crippen molar-refractivity contribution < 1.29 is 19.4 Å². The first-order valence-electron chi connectivity index (χ1n) is 9.87. The molecule has 2 heterocycles. The second kappa shape index (κ2) is 9.01. The van der Waals surface area contributed by atoms with Crippen molar-refractivity contribution in [3.63, 3.8) is 0 Å². The van der Waals surface area contributed by atoms with Gasteiger partial charge in [0.1, 0.15) is 11.3 Å². The molecule has 0 spiro atoms. The Bertz CT molecular complexity index is 966. The highest BCUT2D eigenvalue weighted by Crippen LogP contribution is 2.41. The minimum absolute atomic E-state index is 0.0414. The van der Waals surface area contributed by atoms with E-state index in [1.54, 1.807) is 19.2 Å². The molecule has 29 heavy (non-hydrogen) atoms. The second-order valence-corrected chi connectivity index (χ2v) is 7.85. The summed E-state index contributed by atoms with van der Waals surface area (Å²) in [6.45, 7) is 6.57. The number of fused-ring (bicyclic) bond motifs is 3. The van der Waals surface area contributed by atoms with Gasteiger partial charge in [0.15, 0.2) is 5.43 Å². The van der Waals surface area contributed by atoms with Gasteiger partial charge in [-0.05, 0) is 37.0 Å². The highest BCUT2D eigenvalue weighted by molar-refractivity contribution is 6.32. The summed E-state index contributed by atoms with van der Waals surface area (Å²) in [7, 11) is 0. The van der Waals surface area contributed by atoms with Crippen LogP contribution in [0.1, 0.15) is 49.2 Å². The number of halogens is 1. The van der Waals surface area contributed by atoms with Gasteiger partial charge in [-0.25, -0.2) is 4.79 Å². The zero-order valence-electron chi connectivity index (χ0n) is 16.9. The highest BCUT2D eigenvalue weighted by Gasteiger charge is 2.29. The molecule has 0 saturated carbocycles. The number of aliphatic hydroxyl groups excluding tert-OH is 1. The molecular formula is C22H26ClNO5. The summed E-state index contributed by atoms with van der Waals surface area (Å²) < 4.78 is 12.7. The number of nitrogens with zero attached hydrogens (tertiary/aromatic N) is 1. The lowest BCUT2D eigenvalue weighted by atomic mass is 9.87. The van der Waals surface area contributed by atoms with Crippen LogP contribution in [0.3, 0.4) is 0 Å². The lowest BCUT2D eigenvalue weighted by Gasteiger charge is -2.33.